The number of halogens is 2. The van der Waals surface area contributed by atoms with Crippen LogP contribution in [0.2, 0.25) is 0 Å². The van der Waals surface area contributed by atoms with E-state index < -0.39 is 5.97 Å². The minimum absolute atomic E-state index is 0.232. The van der Waals surface area contributed by atoms with E-state index in [1.807, 2.05) is 33.2 Å². The lowest BCUT2D eigenvalue weighted by molar-refractivity contribution is 0.0685. The molecule has 3 rings (SSSR count). The molecule has 5 heteroatoms. The molecule has 3 nitrogen and oxygen atoms in total. The molecule has 1 aliphatic carbocycles. The van der Waals surface area contributed by atoms with E-state index in [1.54, 1.807) is 18.2 Å². The van der Waals surface area contributed by atoms with Crippen molar-refractivity contribution in [3.8, 4) is 11.3 Å². The van der Waals surface area contributed by atoms with Gasteiger partial charge in [-0.05, 0) is 53.6 Å². The maximum Gasteiger partial charge on any atom is 0.352 e. The Labute approximate surface area is 123 Å². The summed E-state index contributed by atoms with van der Waals surface area (Å²) >= 11 is 1.96. The van der Waals surface area contributed by atoms with Gasteiger partial charge in [0.1, 0.15) is 11.5 Å². The van der Waals surface area contributed by atoms with Crippen molar-refractivity contribution in [3.63, 3.8) is 0 Å². The Kier molecular flexibility index (Phi) is 3.08. The van der Waals surface area contributed by atoms with E-state index >= 15 is 0 Å². The highest BCUT2D eigenvalue weighted by atomic mass is 127. The van der Waals surface area contributed by atoms with Crippen molar-refractivity contribution in [1.82, 2.24) is 4.57 Å². The lowest BCUT2D eigenvalue weighted by atomic mass is 10.1. The van der Waals surface area contributed by atoms with Gasteiger partial charge < -0.3 is 9.67 Å². The molecule has 1 saturated carbocycles. The zero-order chi connectivity index (χ0) is 13.6. The van der Waals surface area contributed by atoms with E-state index in [1.165, 1.54) is 6.07 Å². The molecule has 19 heavy (non-hydrogen) atoms. The lowest BCUT2D eigenvalue weighted by Gasteiger charge is -2.12. The first-order valence-electron chi connectivity index (χ1n) is 5.98. The Morgan fingerprint density at radius 3 is 2.68 bits per heavy atom. The number of aromatic carboxylic acids is 1. The zero-order valence-electron chi connectivity index (χ0n) is 9.94. The van der Waals surface area contributed by atoms with Crippen LogP contribution >= 0.6 is 22.6 Å². The van der Waals surface area contributed by atoms with Gasteiger partial charge in [0.15, 0.2) is 0 Å². The minimum Gasteiger partial charge on any atom is -0.477 e. The van der Waals surface area contributed by atoms with Gasteiger partial charge in [-0.15, -0.1) is 0 Å². The van der Waals surface area contributed by atoms with Crippen LogP contribution in [0.25, 0.3) is 11.3 Å². The van der Waals surface area contributed by atoms with Crippen molar-refractivity contribution in [2.24, 2.45) is 0 Å². The molecule has 0 bridgehead atoms. The average molecular weight is 371 g/mol. The van der Waals surface area contributed by atoms with Crippen LogP contribution in [-0.4, -0.2) is 15.6 Å². The molecule has 1 fully saturated rings. The van der Waals surface area contributed by atoms with E-state index in [-0.39, 0.29) is 17.6 Å². The molecule has 0 atom stereocenters. The topological polar surface area (TPSA) is 42.2 Å². The van der Waals surface area contributed by atoms with Crippen LogP contribution in [0.4, 0.5) is 4.39 Å². The predicted molar refractivity (Wildman–Crippen MR) is 77.8 cm³/mol. The van der Waals surface area contributed by atoms with Gasteiger partial charge in [0.25, 0.3) is 0 Å². The Morgan fingerprint density at radius 2 is 2.05 bits per heavy atom. The summed E-state index contributed by atoms with van der Waals surface area (Å²) < 4.78 is 16.0. The Hall–Kier alpha value is -1.37. The Morgan fingerprint density at radius 1 is 1.32 bits per heavy atom. The molecule has 1 N–H and O–H groups in total. The SMILES string of the molecule is O=C(O)c1ccc(-c2cccc(F)c2I)n1C1CC1. The minimum atomic E-state index is -0.940. The number of carboxylic acid groups (broad SMARTS) is 1. The number of benzene rings is 1. The first kappa shape index (κ1) is 12.7. The quantitative estimate of drug-likeness (QED) is 0.831. The molecule has 0 spiro atoms. The fourth-order valence-corrected chi connectivity index (χ4v) is 2.91. The molecule has 0 saturated heterocycles. The molecule has 0 unspecified atom stereocenters. The molecule has 1 heterocycles. The third-order valence-corrected chi connectivity index (χ3v) is 4.37. The maximum absolute atomic E-state index is 13.6. The third kappa shape index (κ3) is 2.16. The second-order valence-electron chi connectivity index (χ2n) is 4.61. The van der Waals surface area contributed by atoms with Gasteiger partial charge in [0, 0.05) is 11.6 Å². The van der Waals surface area contributed by atoms with Crippen LogP contribution in [0, 0.1) is 9.39 Å². The van der Waals surface area contributed by atoms with E-state index in [2.05, 4.69) is 0 Å². The number of carboxylic acids is 1. The van der Waals surface area contributed by atoms with Gasteiger partial charge in [0.05, 0.1) is 9.26 Å². The van der Waals surface area contributed by atoms with Crippen LogP contribution in [0.3, 0.4) is 0 Å². The predicted octanol–water partition coefficient (Wildman–Crippen LogP) is 3.93. The third-order valence-electron chi connectivity index (χ3n) is 3.28. The molecule has 1 aromatic carbocycles. The second-order valence-corrected chi connectivity index (χ2v) is 5.69. The van der Waals surface area contributed by atoms with E-state index in [4.69, 9.17) is 0 Å². The number of aromatic nitrogens is 1. The smallest absolute Gasteiger partial charge is 0.352 e. The lowest BCUT2D eigenvalue weighted by Crippen LogP contribution is -2.08. The first-order valence-corrected chi connectivity index (χ1v) is 7.06. The van der Waals surface area contributed by atoms with Crippen molar-refractivity contribution in [2.75, 3.05) is 0 Å². The molecular weight excluding hydrogens is 360 g/mol. The Bertz CT molecular complexity index is 661. The normalized spacial score (nSPS) is 14.6. The largest absolute Gasteiger partial charge is 0.477 e. The van der Waals surface area contributed by atoms with Gasteiger partial charge in [-0.25, -0.2) is 9.18 Å². The van der Waals surface area contributed by atoms with Gasteiger partial charge in [-0.1, -0.05) is 12.1 Å². The fraction of sp³-hybridized carbons (Fsp3) is 0.214. The number of carbonyl (C=O) groups is 1. The van der Waals surface area contributed by atoms with Gasteiger partial charge >= 0.3 is 5.97 Å². The van der Waals surface area contributed by atoms with Gasteiger partial charge in [-0.3, -0.25) is 0 Å². The van der Waals surface area contributed by atoms with Crippen molar-refractivity contribution >= 4 is 28.6 Å². The van der Waals surface area contributed by atoms with E-state index in [0.29, 0.717) is 3.57 Å². The summed E-state index contributed by atoms with van der Waals surface area (Å²) in [6, 6.07) is 8.47. The average Bonchev–Trinajstić information content (AvgIpc) is 3.11. The number of nitrogens with zero attached hydrogens (tertiary/aromatic N) is 1. The number of hydrogen-bond acceptors (Lipinski definition) is 1. The molecule has 98 valence electrons. The Balaban J connectivity index is 2.20. The molecule has 2 aromatic rings. The molecule has 0 amide bonds. The van der Waals surface area contributed by atoms with Gasteiger partial charge in [0.2, 0.25) is 0 Å². The van der Waals surface area contributed by atoms with Gasteiger partial charge in [-0.2, -0.15) is 0 Å². The zero-order valence-corrected chi connectivity index (χ0v) is 12.1. The summed E-state index contributed by atoms with van der Waals surface area (Å²) in [6.07, 6.45) is 1.96. The summed E-state index contributed by atoms with van der Waals surface area (Å²) in [5, 5.41) is 9.23. The van der Waals surface area contributed by atoms with Crippen LogP contribution in [0.5, 0.6) is 0 Å². The van der Waals surface area contributed by atoms with Crippen LogP contribution in [0.1, 0.15) is 29.4 Å². The molecule has 1 aliphatic rings. The number of rotatable bonds is 3. The standard InChI is InChI=1S/C14H11FINO2/c15-10-3-1-2-9(13(10)16)11-6-7-12(14(18)19)17(11)8-4-5-8/h1-3,6-8H,4-5H2,(H,18,19). The van der Waals surface area contributed by atoms with Crippen LogP contribution < -0.4 is 0 Å². The van der Waals surface area contributed by atoms with Crippen molar-refractivity contribution in [1.29, 1.82) is 0 Å². The van der Waals surface area contributed by atoms with Crippen molar-refractivity contribution in [2.45, 2.75) is 18.9 Å². The highest BCUT2D eigenvalue weighted by molar-refractivity contribution is 14.1. The summed E-state index contributed by atoms with van der Waals surface area (Å²) in [5.41, 5.74) is 1.81. The van der Waals surface area contributed by atoms with Crippen molar-refractivity contribution < 1.29 is 14.3 Å². The highest BCUT2D eigenvalue weighted by Crippen LogP contribution is 2.41. The second kappa shape index (κ2) is 4.63. The summed E-state index contributed by atoms with van der Waals surface area (Å²) in [4.78, 5) is 11.3. The maximum atomic E-state index is 13.6. The highest BCUT2D eigenvalue weighted by Gasteiger charge is 2.30. The molecule has 0 radical (unpaired) electrons. The van der Waals surface area contributed by atoms with E-state index in [0.717, 1.165) is 24.1 Å². The molecule has 1 aromatic heterocycles. The summed E-state index contributed by atoms with van der Waals surface area (Å²) in [6.45, 7) is 0. The monoisotopic (exact) mass is 371 g/mol. The van der Waals surface area contributed by atoms with Crippen LogP contribution in [0.15, 0.2) is 30.3 Å². The first-order chi connectivity index (χ1) is 9.09. The molecular formula is C14H11FINO2. The van der Waals surface area contributed by atoms with E-state index in [9.17, 15) is 14.3 Å². The summed E-state index contributed by atoms with van der Waals surface area (Å²) in [5.74, 6) is -1.22. The summed E-state index contributed by atoms with van der Waals surface area (Å²) in [7, 11) is 0. The number of hydrogen-bond donors (Lipinski definition) is 1. The van der Waals surface area contributed by atoms with Crippen LogP contribution in [-0.2, 0) is 0 Å². The fourth-order valence-electron chi connectivity index (χ4n) is 2.27. The van der Waals surface area contributed by atoms with Crippen molar-refractivity contribution in [3.05, 3.63) is 45.4 Å². The molecule has 0 aliphatic heterocycles.